The van der Waals surface area contributed by atoms with Crippen LogP contribution in [0.3, 0.4) is 0 Å². The van der Waals surface area contributed by atoms with Crippen LogP contribution in [0.25, 0.3) is 0 Å². The minimum absolute atomic E-state index is 0.284. The number of hydrogen-bond acceptors (Lipinski definition) is 4. The Morgan fingerprint density at radius 2 is 2.42 bits per heavy atom. The molecule has 1 rings (SSSR count). The normalized spacial score (nSPS) is 10.1. The summed E-state index contributed by atoms with van der Waals surface area (Å²) in [6.07, 6.45) is 2.33. The number of nitrogens with one attached hydrogen (secondary N) is 1. The van der Waals surface area contributed by atoms with Crippen molar-refractivity contribution in [2.75, 3.05) is 13.7 Å². The molecule has 1 aromatic heterocycles. The van der Waals surface area contributed by atoms with E-state index in [-0.39, 0.29) is 6.54 Å². The molecule has 6 heteroatoms. The van der Waals surface area contributed by atoms with E-state index >= 15 is 0 Å². The van der Waals surface area contributed by atoms with Crippen molar-refractivity contribution >= 4 is 0 Å². The van der Waals surface area contributed by atoms with Crippen molar-refractivity contribution in [1.82, 2.24) is 14.8 Å². The van der Waals surface area contributed by atoms with Crippen LogP contribution in [0, 0.1) is 6.33 Å². The Morgan fingerprint density at radius 1 is 1.67 bits per heavy atom. The van der Waals surface area contributed by atoms with Gasteiger partial charge in [-0.15, -0.1) is 0 Å². The van der Waals surface area contributed by atoms with E-state index in [0.717, 1.165) is 4.57 Å². The van der Waals surface area contributed by atoms with Crippen LogP contribution < -0.4 is 11.1 Å². The second kappa shape index (κ2) is 3.82. The van der Waals surface area contributed by atoms with Crippen LogP contribution in [0.1, 0.15) is 0 Å². The fraction of sp³-hybridized carbons (Fsp3) is 0.500. The Kier molecular flexibility index (Phi) is 2.76. The first-order chi connectivity index (χ1) is 5.75. The fourth-order valence-corrected chi connectivity index (χ4v) is 0.686. The number of ether oxygens (including phenoxy) is 1. The summed E-state index contributed by atoms with van der Waals surface area (Å²) >= 11 is 0. The third kappa shape index (κ3) is 1.79. The molecule has 1 radical (unpaired) electrons. The standard InChI is InChI=1S/C6H8N3O3/c1-12-3-2-9-4-7-8-5(10)6(9)11/h2-3H2,1H3,(H,8,10). The van der Waals surface area contributed by atoms with Gasteiger partial charge in [-0.3, -0.25) is 14.2 Å². The Morgan fingerprint density at radius 3 is 3.08 bits per heavy atom. The lowest BCUT2D eigenvalue weighted by Gasteiger charge is -1.99. The maximum absolute atomic E-state index is 11.0. The van der Waals surface area contributed by atoms with Crippen molar-refractivity contribution in [3.8, 4) is 0 Å². The van der Waals surface area contributed by atoms with E-state index in [1.165, 1.54) is 7.11 Å². The number of H-pyrrole nitrogens is 1. The van der Waals surface area contributed by atoms with Gasteiger partial charge in [0.05, 0.1) is 13.2 Å². The summed E-state index contributed by atoms with van der Waals surface area (Å²) < 4.78 is 5.79. The second-order valence-electron chi connectivity index (χ2n) is 2.10. The Balaban J connectivity index is 2.93. The van der Waals surface area contributed by atoms with Crippen LogP contribution in [0.4, 0.5) is 0 Å². The van der Waals surface area contributed by atoms with E-state index in [1.54, 1.807) is 0 Å². The topological polar surface area (TPSA) is 77.0 Å². The monoisotopic (exact) mass is 170 g/mol. The van der Waals surface area contributed by atoms with E-state index in [9.17, 15) is 9.59 Å². The highest BCUT2D eigenvalue weighted by Gasteiger charge is 1.99. The molecule has 0 aliphatic heterocycles. The molecular formula is C6H8N3O3. The molecule has 0 aromatic carbocycles. The fourth-order valence-electron chi connectivity index (χ4n) is 0.686. The van der Waals surface area contributed by atoms with E-state index in [2.05, 4.69) is 11.4 Å². The highest BCUT2D eigenvalue weighted by atomic mass is 16.5. The average molecular weight is 170 g/mol. The van der Waals surface area contributed by atoms with E-state index < -0.39 is 11.1 Å². The van der Waals surface area contributed by atoms with E-state index in [4.69, 9.17) is 4.74 Å². The van der Waals surface area contributed by atoms with Crippen molar-refractivity contribution in [2.45, 2.75) is 6.54 Å². The summed E-state index contributed by atoms with van der Waals surface area (Å²) in [7, 11) is 1.51. The number of rotatable bonds is 3. The zero-order valence-electron chi connectivity index (χ0n) is 6.53. The number of nitrogens with zero attached hydrogens (tertiary/aromatic N) is 2. The minimum atomic E-state index is -0.746. The van der Waals surface area contributed by atoms with Crippen LogP contribution in [0.5, 0.6) is 0 Å². The van der Waals surface area contributed by atoms with E-state index in [1.807, 2.05) is 5.10 Å². The van der Waals surface area contributed by atoms with Crippen molar-refractivity contribution in [1.29, 1.82) is 0 Å². The van der Waals surface area contributed by atoms with Gasteiger partial charge in [-0.2, -0.15) is 5.10 Å². The van der Waals surface area contributed by atoms with Gasteiger partial charge in [-0.05, 0) is 0 Å². The van der Waals surface area contributed by atoms with Crippen molar-refractivity contribution in [2.24, 2.45) is 0 Å². The van der Waals surface area contributed by atoms with Gasteiger partial charge < -0.3 is 4.74 Å². The van der Waals surface area contributed by atoms with Gasteiger partial charge >= 0.3 is 11.1 Å². The summed E-state index contributed by atoms with van der Waals surface area (Å²) in [5.41, 5.74) is -1.41. The first kappa shape index (κ1) is 8.66. The average Bonchev–Trinajstić information content (AvgIpc) is 2.08. The molecule has 0 bridgehead atoms. The van der Waals surface area contributed by atoms with Crippen molar-refractivity contribution < 1.29 is 4.74 Å². The molecule has 0 aliphatic carbocycles. The molecule has 0 saturated heterocycles. The van der Waals surface area contributed by atoms with Crippen LogP contribution >= 0.6 is 0 Å². The predicted octanol–water partition coefficient (Wildman–Crippen LogP) is -1.62. The molecule has 6 nitrogen and oxygen atoms in total. The Hall–Kier alpha value is -1.43. The number of hydrogen-bond donors (Lipinski definition) is 1. The zero-order chi connectivity index (χ0) is 8.97. The molecule has 0 unspecified atom stereocenters. The summed E-state index contributed by atoms with van der Waals surface area (Å²) in [5, 5.41) is 5.32. The summed E-state index contributed by atoms with van der Waals surface area (Å²) in [4.78, 5) is 21.7. The molecule has 0 amide bonds. The van der Waals surface area contributed by atoms with Crippen LogP contribution in [-0.4, -0.2) is 28.5 Å². The lowest BCUT2D eigenvalue weighted by molar-refractivity contribution is 0.185. The van der Waals surface area contributed by atoms with Gasteiger partial charge in [0.1, 0.15) is 0 Å². The highest BCUT2D eigenvalue weighted by molar-refractivity contribution is 4.72. The van der Waals surface area contributed by atoms with Crippen LogP contribution in [0.15, 0.2) is 9.59 Å². The maximum atomic E-state index is 11.0. The van der Waals surface area contributed by atoms with Gasteiger partial charge in [0.15, 0.2) is 0 Å². The first-order valence-corrected chi connectivity index (χ1v) is 3.32. The molecule has 12 heavy (non-hydrogen) atoms. The number of aromatic amines is 1. The smallest absolute Gasteiger partial charge is 0.330 e. The lowest BCUT2D eigenvalue weighted by atomic mass is 10.6. The molecule has 1 N–H and O–H groups in total. The van der Waals surface area contributed by atoms with Crippen LogP contribution in [-0.2, 0) is 11.3 Å². The van der Waals surface area contributed by atoms with Gasteiger partial charge in [-0.1, -0.05) is 0 Å². The van der Waals surface area contributed by atoms with Gasteiger partial charge in [0.25, 0.3) is 0 Å². The molecule has 0 spiro atoms. The first-order valence-electron chi connectivity index (χ1n) is 3.32. The van der Waals surface area contributed by atoms with Crippen LogP contribution in [0.2, 0.25) is 0 Å². The van der Waals surface area contributed by atoms with Gasteiger partial charge in [0.2, 0.25) is 6.33 Å². The molecular weight excluding hydrogens is 162 g/mol. The molecule has 1 heterocycles. The zero-order valence-corrected chi connectivity index (χ0v) is 6.53. The third-order valence-corrected chi connectivity index (χ3v) is 1.29. The number of methoxy groups -OCH3 is 1. The third-order valence-electron chi connectivity index (χ3n) is 1.29. The quantitative estimate of drug-likeness (QED) is 0.553. The Bertz CT molecular complexity index is 354. The molecule has 0 saturated carbocycles. The largest absolute Gasteiger partial charge is 0.383 e. The van der Waals surface area contributed by atoms with Crippen molar-refractivity contribution in [3.05, 3.63) is 27.0 Å². The molecule has 1 aromatic rings. The van der Waals surface area contributed by atoms with Gasteiger partial charge in [0, 0.05) is 7.11 Å². The summed E-state index contributed by atoms with van der Waals surface area (Å²) in [6, 6.07) is 0. The summed E-state index contributed by atoms with van der Waals surface area (Å²) in [6.45, 7) is 0.633. The summed E-state index contributed by atoms with van der Waals surface area (Å²) in [5.74, 6) is 0. The molecule has 0 atom stereocenters. The predicted molar refractivity (Wildman–Crippen MR) is 39.8 cm³/mol. The molecule has 65 valence electrons. The maximum Gasteiger partial charge on any atom is 0.330 e. The highest BCUT2D eigenvalue weighted by Crippen LogP contribution is 1.73. The Labute approximate surface area is 67.8 Å². The van der Waals surface area contributed by atoms with Gasteiger partial charge in [-0.25, -0.2) is 5.10 Å². The van der Waals surface area contributed by atoms with E-state index in [0.29, 0.717) is 6.61 Å². The lowest BCUT2D eigenvalue weighted by Crippen LogP contribution is -2.37. The minimum Gasteiger partial charge on any atom is -0.383 e. The SMILES string of the molecule is COCCn1[c]n[nH]c(=O)c1=O. The molecule has 0 fully saturated rings. The number of aromatic nitrogens is 3. The van der Waals surface area contributed by atoms with Crippen molar-refractivity contribution in [3.63, 3.8) is 0 Å². The molecule has 0 aliphatic rings. The second-order valence-corrected chi connectivity index (χ2v) is 2.10.